The van der Waals surface area contributed by atoms with Gasteiger partial charge >= 0.3 is 0 Å². The van der Waals surface area contributed by atoms with Gasteiger partial charge in [-0.2, -0.15) is 0 Å². The third-order valence-corrected chi connectivity index (χ3v) is 2.78. The minimum Gasteiger partial charge on any atom is -0.506 e. The Bertz CT molecular complexity index is 589. The lowest BCUT2D eigenvalue weighted by molar-refractivity contribution is 0.104. The molecule has 0 aliphatic rings. The highest BCUT2D eigenvalue weighted by atomic mass is 35.5. The lowest BCUT2D eigenvalue weighted by Gasteiger charge is -1.98. The number of phenols is 1. The maximum Gasteiger partial charge on any atom is 0.185 e. The summed E-state index contributed by atoms with van der Waals surface area (Å²) in [5.41, 5.74) is 1.35. The van der Waals surface area contributed by atoms with Crippen molar-refractivity contribution in [3.05, 3.63) is 70.8 Å². The summed E-state index contributed by atoms with van der Waals surface area (Å²) >= 11 is 5.70. The van der Waals surface area contributed by atoms with E-state index in [9.17, 15) is 9.90 Å². The van der Waals surface area contributed by atoms with Gasteiger partial charge in [0.15, 0.2) is 5.78 Å². The number of aromatic hydroxyl groups is 1. The summed E-state index contributed by atoms with van der Waals surface area (Å²) in [7, 11) is 0. The number of carbonyl (C=O) groups excluding carboxylic acids is 1. The van der Waals surface area contributed by atoms with Crippen molar-refractivity contribution in [3.8, 4) is 5.75 Å². The molecule has 0 fully saturated rings. The van der Waals surface area contributed by atoms with Gasteiger partial charge in [0.05, 0.1) is 5.02 Å². The number of halogens is 1. The van der Waals surface area contributed by atoms with Gasteiger partial charge in [0.2, 0.25) is 0 Å². The molecule has 3 heteroatoms. The van der Waals surface area contributed by atoms with E-state index < -0.39 is 0 Å². The van der Waals surface area contributed by atoms with E-state index in [-0.39, 0.29) is 11.5 Å². The Morgan fingerprint density at radius 2 is 1.83 bits per heavy atom. The van der Waals surface area contributed by atoms with Crippen LogP contribution in [0.15, 0.2) is 54.6 Å². The molecule has 0 radical (unpaired) electrons. The molecule has 2 rings (SSSR count). The third kappa shape index (κ3) is 2.99. The number of ketones is 1. The zero-order valence-corrected chi connectivity index (χ0v) is 10.3. The Morgan fingerprint density at radius 1 is 1.11 bits per heavy atom. The number of hydrogen-bond donors (Lipinski definition) is 1. The summed E-state index contributed by atoms with van der Waals surface area (Å²) in [6.45, 7) is 0. The predicted molar refractivity (Wildman–Crippen MR) is 72.9 cm³/mol. The fourth-order valence-electron chi connectivity index (χ4n) is 1.50. The molecular formula is C15H11ClO2. The quantitative estimate of drug-likeness (QED) is 0.669. The topological polar surface area (TPSA) is 37.3 Å². The summed E-state index contributed by atoms with van der Waals surface area (Å²) in [5, 5.41) is 9.72. The predicted octanol–water partition coefficient (Wildman–Crippen LogP) is 3.94. The Morgan fingerprint density at radius 3 is 2.50 bits per heavy atom. The smallest absolute Gasteiger partial charge is 0.185 e. The van der Waals surface area contributed by atoms with E-state index in [0.29, 0.717) is 10.6 Å². The molecule has 0 spiro atoms. The Hall–Kier alpha value is -2.06. The van der Waals surface area contributed by atoms with Crippen molar-refractivity contribution in [1.29, 1.82) is 0 Å². The van der Waals surface area contributed by atoms with Crippen molar-refractivity contribution < 1.29 is 9.90 Å². The SMILES string of the molecule is O=C(C=Cc1ccc(Cl)c(O)c1)c1ccccc1. The zero-order valence-electron chi connectivity index (χ0n) is 9.51. The number of carbonyl (C=O) groups is 1. The summed E-state index contributed by atoms with van der Waals surface area (Å²) in [4.78, 5) is 11.8. The molecule has 2 nitrogen and oxygen atoms in total. The van der Waals surface area contributed by atoms with Crippen LogP contribution in [0.25, 0.3) is 6.08 Å². The number of allylic oxidation sites excluding steroid dienone is 1. The first kappa shape index (κ1) is 12.4. The highest BCUT2D eigenvalue weighted by molar-refractivity contribution is 6.32. The molecule has 0 amide bonds. The van der Waals surface area contributed by atoms with Crippen LogP contribution in [0.4, 0.5) is 0 Å². The number of hydrogen-bond acceptors (Lipinski definition) is 2. The van der Waals surface area contributed by atoms with Crippen LogP contribution >= 0.6 is 11.6 Å². The molecule has 0 saturated heterocycles. The van der Waals surface area contributed by atoms with Gasteiger partial charge in [-0.1, -0.05) is 54.1 Å². The highest BCUT2D eigenvalue weighted by Gasteiger charge is 2.01. The van der Waals surface area contributed by atoms with Gasteiger partial charge in [-0.3, -0.25) is 4.79 Å². The molecule has 2 aromatic carbocycles. The first-order chi connectivity index (χ1) is 8.66. The summed E-state index contributed by atoms with van der Waals surface area (Å²) in [6.07, 6.45) is 3.11. The van der Waals surface area contributed by atoms with E-state index in [0.717, 1.165) is 5.56 Å². The molecule has 0 heterocycles. The number of benzene rings is 2. The molecule has 0 atom stereocenters. The average Bonchev–Trinajstić information content (AvgIpc) is 2.41. The maximum absolute atomic E-state index is 11.8. The van der Waals surface area contributed by atoms with Gasteiger partial charge in [-0.25, -0.2) is 0 Å². The fraction of sp³-hybridized carbons (Fsp3) is 0. The van der Waals surface area contributed by atoms with E-state index in [1.807, 2.05) is 18.2 Å². The van der Waals surface area contributed by atoms with Crippen LogP contribution in [0.5, 0.6) is 5.75 Å². The largest absolute Gasteiger partial charge is 0.506 e. The number of rotatable bonds is 3. The van der Waals surface area contributed by atoms with Crippen LogP contribution in [-0.2, 0) is 0 Å². The van der Waals surface area contributed by atoms with Gasteiger partial charge in [0, 0.05) is 5.56 Å². The molecular weight excluding hydrogens is 248 g/mol. The molecule has 2 aromatic rings. The third-order valence-electron chi connectivity index (χ3n) is 2.46. The van der Waals surface area contributed by atoms with Gasteiger partial charge in [0.25, 0.3) is 0 Å². The molecule has 0 aliphatic heterocycles. The van der Waals surface area contributed by atoms with E-state index in [2.05, 4.69) is 0 Å². The molecule has 0 unspecified atom stereocenters. The second-order valence-corrected chi connectivity index (χ2v) is 4.18. The molecule has 1 N–H and O–H groups in total. The van der Waals surface area contributed by atoms with E-state index in [1.54, 1.807) is 30.3 Å². The summed E-state index contributed by atoms with van der Waals surface area (Å²) in [5.74, 6) is -0.0731. The second-order valence-electron chi connectivity index (χ2n) is 3.77. The van der Waals surface area contributed by atoms with Gasteiger partial charge in [0.1, 0.15) is 5.75 Å². The van der Waals surface area contributed by atoms with Crippen LogP contribution in [-0.4, -0.2) is 10.9 Å². The Balaban J connectivity index is 2.16. The van der Waals surface area contributed by atoms with Crippen LogP contribution in [0.2, 0.25) is 5.02 Å². The molecule has 0 bridgehead atoms. The van der Waals surface area contributed by atoms with Crippen LogP contribution in [0.1, 0.15) is 15.9 Å². The van der Waals surface area contributed by atoms with Crippen molar-refractivity contribution in [3.63, 3.8) is 0 Å². The zero-order chi connectivity index (χ0) is 13.0. The monoisotopic (exact) mass is 258 g/mol. The molecule has 90 valence electrons. The first-order valence-electron chi connectivity index (χ1n) is 5.43. The van der Waals surface area contributed by atoms with Gasteiger partial charge in [-0.15, -0.1) is 0 Å². The van der Waals surface area contributed by atoms with Gasteiger partial charge in [-0.05, 0) is 23.8 Å². The maximum atomic E-state index is 11.8. The van der Waals surface area contributed by atoms with E-state index >= 15 is 0 Å². The van der Waals surface area contributed by atoms with Crippen LogP contribution in [0, 0.1) is 0 Å². The normalized spacial score (nSPS) is 10.7. The molecule has 0 aliphatic carbocycles. The van der Waals surface area contributed by atoms with Crippen LogP contribution in [0.3, 0.4) is 0 Å². The average molecular weight is 259 g/mol. The lowest BCUT2D eigenvalue weighted by Crippen LogP contribution is -1.92. The molecule has 0 aromatic heterocycles. The van der Waals surface area contributed by atoms with E-state index in [4.69, 9.17) is 11.6 Å². The summed E-state index contributed by atoms with van der Waals surface area (Å²) < 4.78 is 0. The minimum atomic E-state index is -0.0787. The highest BCUT2D eigenvalue weighted by Crippen LogP contribution is 2.24. The fourth-order valence-corrected chi connectivity index (χ4v) is 1.62. The Labute approximate surface area is 110 Å². The van der Waals surface area contributed by atoms with Crippen LogP contribution < -0.4 is 0 Å². The summed E-state index contributed by atoms with van der Waals surface area (Å²) in [6, 6.07) is 13.8. The van der Waals surface area contributed by atoms with Crippen molar-refractivity contribution in [2.24, 2.45) is 0 Å². The van der Waals surface area contributed by atoms with Crippen molar-refractivity contribution in [1.82, 2.24) is 0 Å². The van der Waals surface area contributed by atoms with Crippen molar-refractivity contribution in [2.75, 3.05) is 0 Å². The first-order valence-corrected chi connectivity index (χ1v) is 5.80. The standard InChI is InChI=1S/C15H11ClO2/c16-13-8-6-11(10-15(13)18)7-9-14(17)12-4-2-1-3-5-12/h1-10,18H. The Kier molecular flexibility index (Phi) is 3.80. The molecule has 18 heavy (non-hydrogen) atoms. The number of phenolic OH excluding ortho intramolecular Hbond substituents is 1. The van der Waals surface area contributed by atoms with Crippen molar-refractivity contribution >= 4 is 23.5 Å². The van der Waals surface area contributed by atoms with E-state index in [1.165, 1.54) is 12.1 Å². The van der Waals surface area contributed by atoms with Crippen molar-refractivity contribution in [2.45, 2.75) is 0 Å². The second kappa shape index (κ2) is 5.52. The molecule has 0 saturated carbocycles. The lowest BCUT2D eigenvalue weighted by atomic mass is 10.1. The van der Waals surface area contributed by atoms with Gasteiger partial charge < -0.3 is 5.11 Å². The minimum absolute atomic E-state index is 0.00553.